The third kappa shape index (κ3) is 3.72. The number of pyridine rings is 1. The number of hydrogen-bond donors (Lipinski definition) is 1. The average Bonchev–Trinajstić information content (AvgIpc) is 2.66. The highest BCUT2D eigenvalue weighted by Gasteiger charge is 2.15. The molecule has 3 nitrogen and oxygen atoms in total. The zero-order valence-electron chi connectivity index (χ0n) is 15.6. The molecule has 0 saturated heterocycles. The normalized spacial score (nSPS) is 10.7. The molecule has 0 aliphatic rings. The Morgan fingerprint density at radius 3 is 2.19 bits per heavy atom. The Hall–Kier alpha value is -2.81. The van der Waals surface area contributed by atoms with E-state index in [1.54, 1.807) is 0 Å². The number of hydrogen-bond acceptors (Lipinski definition) is 2. The molecule has 3 aromatic rings. The number of nitrogens with one attached hydrogen (secondary N) is 1. The number of aryl methyl sites for hydroxylation is 2. The number of aromatic nitrogens is 1. The van der Waals surface area contributed by atoms with Gasteiger partial charge in [-0.15, -0.1) is 0 Å². The Kier molecular flexibility index (Phi) is 5.57. The molecule has 134 valence electrons. The minimum atomic E-state index is 0.150. The molecule has 0 unspecified atom stereocenters. The van der Waals surface area contributed by atoms with Gasteiger partial charge in [-0.3, -0.25) is 4.79 Å². The molecule has 0 bridgehead atoms. The predicted molar refractivity (Wildman–Crippen MR) is 107 cm³/mol. The first-order valence-corrected chi connectivity index (χ1v) is 9.22. The van der Waals surface area contributed by atoms with Gasteiger partial charge in [0.2, 0.25) is 0 Å². The highest BCUT2D eigenvalue weighted by Crippen LogP contribution is 2.26. The molecule has 0 atom stereocenters. The molecule has 0 spiro atoms. The van der Waals surface area contributed by atoms with E-state index in [1.165, 1.54) is 0 Å². The number of benzene rings is 2. The smallest absolute Gasteiger partial charge is 0.193 e. The van der Waals surface area contributed by atoms with Crippen molar-refractivity contribution in [1.82, 2.24) is 4.98 Å². The fourth-order valence-electron chi connectivity index (χ4n) is 3.30. The summed E-state index contributed by atoms with van der Waals surface area (Å²) in [5.74, 6) is 1.56. The predicted octanol–water partition coefficient (Wildman–Crippen LogP) is 5.66. The molecule has 1 heterocycles. The summed E-state index contributed by atoms with van der Waals surface area (Å²) in [6.07, 6.45) is 2.61. The first-order chi connectivity index (χ1) is 12.6. The van der Waals surface area contributed by atoms with Crippen LogP contribution in [-0.4, -0.2) is 4.98 Å². The molecule has 2 aromatic carbocycles. The zero-order chi connectivity index (χ0) is 18.5. The maximum absolute atomic E-state index is 13.1. The summed E-state index contributed by atoms with van der Waals surface area (Å²) in [6.45, 7) is 6.16. The minimum Gasteiger partial charge on any atom is -0.457 e. The van der Waals surface area contributed by atoms with Crippen LogP contribution in [0, 0.1) is 6.92 Å². The van der Waals surface area contributed by atoms with Gasteiger partial charge in [-0.2, -0.15) is 0 Å². The van der Waals surface area contributed by atoms with Crippen LogP contribution >= 0.6 is 0 Å². The van der Waals surface area contributed by atoms with Gasteiger partial charge in [-0.25, -0.2) is 0 Å². The van der Waals surface area contributed by atoms with Gasteiger partial charge in [0.25, 0.3) is 0 Å². The quantitative estimate of drug-likeness (QED) is 0.625. The number of H-pyrrole nitrogens is 1. The van der Waals surface area contributed by atoms with Crippen molar-refractivity contribution >= 4 is 0 Å². The highest BCUT2D eigenvalue weighted by molar-refractivity contribution is 5.67. The first kappa shape index (κ1) is 18.0. The summed E-state index contributed by atoms with van der Waals surface area (Å²) >= 11 is 0. The second kappa shape index (κ2) is 8.05. The van der Waals surface area contributed by atoms with Crippen LogP contribution in [-0.2, 0) is 12.8 Å². The van der Waals surface area contributed by atoms with Gasteiger partial charge in [0, 0.05) is 22.5 Å². The Labute approximate surface area is 154 Å². The van der Waals surface area contributed by atoms with Crippen LogP contribution in [0.25, 0.3) is 11.1 Å². The van der Waals surface area contributed by atoms with Crippen LogP contribution in [0.5, 0.6) is 11.5 Å². The molecule has 3 heteroatoms. The minimum absolute atomic E-state index is 0.150. The topological polar surface area (TPSA) is 42.1 Å². The standard InChI is InChI=1S/C23H25NO2/c1-4-9-20-21(5-2)24-16(3)22(23(20)25)17-12-14-19(15-13-17)26-18-10-7-6-8-11-18/h6-8,10-15H,4-5,9H2,1-3H3,(H,24,25). The molecule has 0 saturated carbocycles. The number of ether oxygens (including phenoxy) is 1. The molecule has 1 N–H and O–H groups in total. The van der Waals surface area contributed by atoms with Crippen molar-refractivity contribution < 1.29 is 4.74 Å². The highest BCUT2D eigenvalue weighted by atomic mass is 16.5. The van der Waals surface area contributed by atoms with Gasteiger partial charge in [0.1, 0.15) is 11.5 Å². The molecular weight excluding hydrogens is 322 g/mol. The summed E-state index contributed by atoms with van der Waals surface area (Å²) in [5, 5.41) is 0. The van der Waals surface area contributed by atoms with E-state index in [0.29, 0.717) is 0 Å². The van der Waals surface area contributed by atoms with Gasteiger partial charge in [-0.1, -0.05) is 50.6 Å². The van der Waals surface area contributed by atoms with E-state index in [9.17, 15) is 4.79 Å². The molecule has 0 aliphatic heterocycles. The average molecular weight is 347 g/mol. The summed E-state index contributed by atoms with van der Waals surface area (Å²) in [4.78, 5) is 16.5. The Morgan fingerprint density at radius 1 is 0.923 bits per heavy atom. The second-order valence-corrected chi connectivity index (χ2v) is 6.45. The molecular formula is C23H25NO2. The van der Waals surface area contributed by atoms with E-state index in [-0.39, 0.29) is 5.43 Å². The number of aromatic amines is 1. The van der Waals surface area contributed by atoms with E-state index < -0.39 is 0 Å². The maximum Gasteiger partial charge on any atom is 0.193 e. The summed E-state index contributed by atoms with van der Waals surface area (Å²) in [5.41, 5.74) is 4.73. The Bertz CT molecular complexity index is 925. The van der Waals surface area contributed by atoms with E-state index in [4.69, 9.17) is 4.74 Å². The Balaban J connectivity index is 1.96. The summed E-state index contributed by atoms with van der Waals surface area (Å²) in [7, 11) is 0. The van der Waals surface area contributed by atoms with Gasteiger partial charge >= 0.3 is 0 Å². The van der Waals surface area contributed by atoms with Crippen LogP contribution in [0.1, 0.15) is 37.2 Å². The first-order valence-electron chi connectivity index (χ1n) is 9.22. The number of para-hydroxylation sites is 1. The lowest BCUT2D eigenvalue weighted by molar-refractivity contribution is 0.483. The third-order valence-electron chi connectivity index (χ3n) is 4.55. The van der Waals surface area contributed by atoms with Crippen molar-refractivity contribution in [1.29, 1.82) is 0 Å². The van der Waals surface area contributed by atoms with E-state index in [2.05, 4.69) is 18.8 Å². The van der Waals surface area contributed by atoms with Gasteiger partial charge < -0.3 is 9.72 Å². The van der Waals surface area contributed by atoms with Crippen molar-refractivity contribution in [3.63, 3.8) is 0 Å². The van der Waals surface area contributed by atoms with E-state index >= 15 is 0 Å². The van der Waals surface area contributed by atoms with Gasteiger partial charge in [0.05, 0.1) is 0 Å². The molecule has 26 heavy (non-hydrogen) atoms. The lowest BCUT2D eigenvalue weighted by Crippen LogP contribution is -2.18. The molecule has 0 aliphatic carbocycles. The van der Waals surface area contributed by atoms with Crippen LogP contribution in [0.4, 0.5) is 0 Å². The SMILES string of the molecule is CCCc1c(CC)[nH]c(C)c(-c2ccc(Oc3ccccc3)cc2)c1=O. The molecule has 0 fully saturated rings. The molecule has 1 aromatic heterocycles. The fourth-order valence-corrected chi connectivity index (χ4v) is 3.30. The van der Waals surface area contributed by atoms with Crippen LogP contribution in [0.2, 0.25) is 0 Å². The molecule has 0 radical (unpaired) electrons. The third-order valence-corrected chi connectivity index (χ3v) is 4.55. The van der Waals surface area contributed by atoms with Gasteiger partial charge in [-0.05, 0) is 49.6 Å². The van der Waals surface area contributed by atoms with Crippen molar-refractivity contribution in [3.05, 3.63) is 81.8 Å². The van der Waals surface area contributed by atoms with Crippen LogP contribution in [0.15, 0.2) is 59.4 Å². The van der Waals surface area contributed by atoms with Crippen LogP contribution < -0.4 is 10.2 Å². The Morgan fingerprint density at radius 2 is 1.58 bits per heavy atom. The van der Waals surface area contributed by atoms with E-state index in [0.717, 1.165) is 58.8 Å². The fraction of sp³-hybridized carbons (Fsp3) is 0.261. The lowest BCUT2D eigenvalue weighted by Gasteiger charge is -2.14. The van der Waals surface area contributed by atoms with Crippen molar-refractivity contribution in [3.8, 4) is 22.6 Å². The number of rotatable bonds is 6. The maximum atomic E-state index is 13.1. The van der Waals surface area contributed by atoms with Gasteiger partial charge in [0.15, 0.2) is 5.43 Å². The summed E-state index contributed by atoms with van der Waals surface area (Å²) < 4.78 is 5.84. The van der Waals surface area contributed by atoms with Crippen molar-refractivity contribution in [2.75, 3.05) is 0 Å². The molecule has 0 amide bonds. The summed E-state index contributed by atoms with van der Waals surface area (Å²) in [6, 6.07) is 17.4. The lowest BCUT2D eigenvalue weighted by atomic mass is 9.97. The zero-order valence-corrected chi connectivity index (χ0v) is 15.6. The monoisotopic (exact) mass is 347 g/mol. The van der Waals surface area contributed by atoms with Crippen LogP contribution in [0.3, 0.4) is 0 Å². The largest absolute Gasteiger partial charge is 0.457 e. The van der Waals surface area contributed by atoms with Crippen molar-refractivity contribution in [2.45, 2.75) is 40.0 Å². The second-order valence-electron chi connectivity index (χ2n) is 6.45. The van der Waals surface area contributed by atoms with E-state index in [1.807, 2.05) is 61.5 Å². The van der Waals surface area contributed by atoms with Crippen molar-refractivity contribution in [2.24, 2.45) is 0 Å². The molecule has 3 rings (SSSR count).